The number of amides is 2. The van der Waals surface area contributed by atoms with Crippen LogP contribution in [0.15, 0.2) is 42.5 Å². The number of nitrogens with one attached hydrogen (secondary N) is 1. The molecule has 9 heteroatoms. The summed E-state index contributed by atoms with van der Waals surface area (Å²) < 4.78 is 0. The molecule has 2 aliphatic heterocycles. The summed E-state index contributed by atoms with van der Waals surface area (Å²) in [6, 6.07) is 12.1. The maximum Gasteiger partial charge on any atom is 0.270 e. The first kappa shape index (κ1) is 23.5. The van der Waals surface area contributed by atoms with Gasteiger partial charge < -0.3 is 20.0 Å². The van der Waals surface area contributed by atoms with Gasteiger partial charge in [0, 0.05) is 69.2 Å². The van der Waals surface area contributed by atoms with Gasteiger partial charge in [0.1, 0.15) is 0 Å². The molecule has 0 aliphatic carbocycles. The molecule has 0 radical (unpaired) electrons. The number of nitrogens with zero attached hydrogens (tertiary/aromatic N) is 4. The molecule has 9 nitrogen and oxygen atoms in total. The average Bonchev–Trinajstić information content (AvgIpc) is 3.39. The summed E-state index contributed by atoms with van der Waals surface area (Å²) in [6.07, 6.45) is 3.54. The van der Waals surface area contributed by atoms with Crippen molar-refractivity contribution in [3.63, 3.8) is 0 Å². The number of nitro groups is 1. The fourth-order valence-corrected chi connectivity index (χ4v) is 4.59. The molecule has 0 unspecified atom stereocenters. The van der Waals surface area contributed by atoms with Crippen molar-refractivity contribution in [3.05, 3.63) is 58.1 Å². The van der Waals surface area contributed by atoms with Gasteiger partial charge in [-0.15, -0.1) is 0 Å². The van der Waals surface area contributed by atoms with E-state index >= 15 is 0 Å². The lowest BCUT2D eigenvalue weighted by Crippen LogP contribution is -2.48. The van der Waals surface area contributed by atoms with Crippen LogP contribution in [0.2, 0.25) is 0 Å². The Balaban J connectivity index is 1.43. The van der Waals surface area contributed by atoms with Crippen LogP contribution >= 0.6 is 0 Å². The largest absolute Gasteiger partial charge is 0.371 e. The predicted octanol–water partition coefficient (Wildman–Crippen LogP) is 3.90. The molecule has 2 heterocycles. The van der Waals surface area contributed by atoms with Crippen molar-refractivity contribution in [1.82, 2.24) is 4.90 Å². The molecular weight excluding hydrogens is 434 g/mol. The van der Waals surface area contributed by atoms with E-state index in [4.69, 9.17) is 0 Å². The molecule has 0 saturated carbocycles. The second-order valence-corrected chi connectivity index (χ2v) is 8.77. The third-order valence-electron chi connectivity index (χ3n) is 6.47. The molecule has 4 rings (SSSR count). The third-order valence-corrected chi connectivity index (χ3v) is 6.47. The Bertz CT molecular complexity index is 1040. The lowest BCUT2D eigenvalue weighted by atomic mass is 10.1. The zero-order valence-electron chi connectivity index (χ0n) is 19.5. The first-order valence-electron chi connectivity index (χ1n) is 11.9. The summed E-state index contributed by atoms with van der Waals surface area (Å²) in [6.45, 7) is 6.66. The van der Waals surface area contributed by atoms with Crippen LogP contribution in [0.1, 0.15) is 43.0 Å². The number of hydrogen-bond acceptors (Lipinski definition) is 6. The SMILES string of the molecule is CCCC(=O)N1CCN(c2ccc(NC(=O)c3cc([N+](=O)[O-])ccc3N3CCCC3)cc2)CC1. The fourth-order valence-electron chi connectivity index (χ4n) is 4.59. The highest BCUT2D eigenvalue weighted by Gasteiger charge is 2.23. The van der Waals surface area contributed by atoms with Crippen LogP contribution in [-0.4, -0.2) is 60.9 Å². The Kier molecular flexibility index (Phi) is 7.30. The molecule has 2 aromatic rings. The Morgan fingerprint density at radius 1 is 0.941 bits per heavy atom. The molecule has 0 spiro atoms. The minimum absolute atomic E-state index is 0.0972. The van der Waals surface area contributed by atoms with Crippen LogP contribution in [0, 0.1) is 10.1 Å². The predicted molar refractivity (Wildman–Crippen MR) is 133 cm³/mol. The summed E-state index contributed by atoms with van der Waals surface area (Å²) >= 11 is 0. The molecule has 2 fully saturated rings. The third kappa shape index (κ3) is 5.30. The quantitative estimate of drug-likeness (QED) is 0.492. The van der Waals surface area contributed by atoms with Gasteiger partial charge in [-0.3, -0.25) is 19.7 Å². The number of hydrogen-bond donors (Lipinski definition) is 1. The van der Waals surface area contributed by atoms with Crippen LogP contribution in [0.25, 0.3) is 0 Å². The van der Waals surface area contributed by atoms with Gasteiger partial charge in [0.05, 0.1) is 16.2 Å². The van der Waals surface area contributed by atoms with Gasteiger partial charge in [-0.25, -0.2) is 0 Å². The van der Waals surface area contributed by atoms with Gasteiger partial charge >= 0.3 is 0 Å². The van der Waals surface area contributed by atoms with Crippen LogP contribution in [0.3, 0.4) is 0 Å². The summed E-state index contributed by atoms with van der Waals surface area (Å²) in [4.78, 5) is 42.3. The maximum absolute atomic E-state index is 13.1. The zero-order valence-corrected chi connectivity index (χ0v) is 19.5. The van der Waals surface area contributed by atoms with Crippen molar-refractivity contribution in [2.45, 2.75) is 32.6 Å². The number of non-ortho nitro benzene ring substituents is 1. The molecule has 180 valence electrons. The Morgan fingerprint density at radius 3 is 2.24 bits per heavy atom. The molecule has 2 aromatic carbocycles. The van der Waals surface area contributed by atoms with Crippen molar-refractivity contribution in [1.29, 1.82) is 0 Å². The standard InChI is InChI=1S/C25H31N5O4/c1-2-5-24(31)29-16-14-27(15-17-29)20-8-6-19(7-9-20)26-25(32)22-18-21(30(33)34)10-11-23(22)28-12-3-4-13-28/h6-11,18H,2-5,12-17H2,1H3,(H,26,32). The van der Waals surface area contributed by atoms with E-state index in [-0.39, 0.29) is 17.5 Å². The van der Waals surface area contributed by atoms with Crippen LogP contribution in [-0.2, 0) is 4.79 Å². The molecule has 2 saturated heterocycles. The van der Waals surface area contributed by atoms with Crippen LogP contribution in [0.4, 0.5) is 22.7 Å². The molecule has 34 heavy (non-hydrogen) atoms. The van der Waals surface area contributed by atoms with E-state index < -0.39 is 4.92 Å². The number of anilines is 3. The Hall–Kier alpha value is -3.62. The van der Waals surface area contributed by atoms with Crippen LogP contribution in [0.5, 0.6) is 0 Å². The Labute approximate surface area is 199 Å². The number of carbonyl (C=O) groups is 2. The second-order valence-electron chi connectivity index (χ2n) is 8.77. The monoisotopic (exact) mass is 465 g/mol. The van der Waals surface area contributed by atoms with Crippen molar-refractivity contribution >= 4 is 34.6 Å². The fraction of sp³-hybridized carbons (Fsp3) is 0.440. The van der Waals surface area contributed by atoms with E-state index in [1.807, 2.05) is 36.1 Å². The summed E-state index contributed by atoms with van der Waals surface area (Å²) in [7, 11) is 0. The lowest BCUT2D eigenvalue weighted by molar-refractivity contribution is -0.384. The number of rotatable bonds is 7. The number of nitro benzene ring substituents is 1. The minimum atomic E-state index is -0.477. The average molecular weight is 466 g/mol. The number of benzene rings is 2. The molecule has 0 atom stereocenters. The van der Waals surface area contributed by atoms with Gasteiger partial charge in [-0.1, -0.05) is 6.92 Å². The minimum Gasteiger partial charge on any atom is -0.371 e. The highest BCUT2D eigenvalue weighted by atomic mass is 16.6. The number of piperazine rings is 1. The maximum atomic E-state index is 13.1. The normalized spacial score (nSPS) is 16.0. The van der Waals surface area contributed by atoms with E-state index in [1.54, 1.807) is 6.07 Å². The van der Waals surface area contributed by atoms with Crippen molar-refractivity contribution < 1.29 is 14.5 Å². The van der Waals surface area contributed by atoms with Gasteiger partial charge in [-0.05, 0) is 49.6 Å². The van der Waals surface area contributed by atoms with Crippen molar-refractivity contribution in [3.8, 4) is 0 Å². The van der Waals surface area contributed by atoms with Crippen LogP contribution < -0.4 is 15.1 Å². The zero-order chi connectivity index (χ0) is 24.1. The highest BCUT2D eigenvalue weighted by Crippen LogP contribution is 2.29. The molecule has 0 bridgehead atoms. The summed E-state index contributed by atoms with van der Waals surface area (Å²) in [5.41, 5.74) is 2.61. The van der Waals surface area contributed by atoms with E-state index in [0.29, 0.717) is 30.8 Å². The molecule has 2 aliphatic rings. The van der Waals surface area contributed by atoms with Crippen molar-refractivity contribution in [2.24, 2.45) is 0 Å². The van der Waals surface area contributed by atoms with E-state index in [0.717, 1.165) is 56.8 Å². The van der Waals surface area contributed by atoms with Gasteiger partial charge in [-0.2, -0.15) is 0 Å². The first-order valence-corrected chi connectivity index (χ1v) is 11.9. The van der Waals surface area contributed by atoms with Gasteiger partial charge in [0.15, 0.2) is 0 Å². The smallest absolute Gasteiger partial charge is 0.270 e. The van der Waals surface area contributed by atoms with E-state index in [2.05, 4.69) is 15.1 Å². The molecule has 0 aromatic heterocycles. The molecule has 2 amide bonds. The lowest BCUT2D eigenvalue weighted by Gasteiger charge is -2.36. The molecular formula is C25H31N5O4. The van der Waals surface area contributed by atoms with Gasteiger partial charge in [0.2, 0.25) is 5.91 Å². The van der Waals surface area contributed by atoms with E-state index in [9.17, 15) is 19.7 Å². The Morgan fingerprint density at radius 2 is 1.62 bits per heavy atom. The summed E-state index contributed by atoms with van der Waals surface area (Å²) in [5, 5.41) is 14.2. The number of carbonyl (C=O) groups excluding carboxylic acids is 2. The highest BCUT2D eigenvalue weighted by molar-refractivity contribution is 6.08. The first-order chi connectivity index (χ1) is 16.5. The summed E-state index contributed by atoms with van der Waals surface area (Å²) in [5.74, 6) is -0.143. The topological polar surface area (TPSA) is 99.0 Å². The van der Waals surface area contributed by atoms with Gasteiger partial charge in [0.25, 0.3) is 11.6 Å². The molecule has 1 N–H and O–H groups in total. The second kappa shape index (κ2) is 10.5. The van der Waals surface area contributed by atoms with E-state index in [1.165, 1.54) is 12.1 Å². The van der Waals surface area contributed by atoms with Crippen molar-refractivity contribution in [2.75, 3.05) is 54.4 Å².